The molecule has 0 unspecified atom stereocenters. The maximum atomic E-state index is 13.2. The zero-order valence-corrected chi connectivity index (χ0v) is 17.8. The molecule has 0 atom stereocenters. The number of benzene rings is 2. The van der Waals surface area contributed by atoms with Crippen LogP contribution in [0.2, 0.25) is 0 Å². The molecule has 166 valence electrons. The monoisotopic (exact) mass is 443 g/mol. The quantitative estimate of drug-likeness (QED) is 0.474. The third-order valence-corrected chi connectivity index (χ3v) is 4.96. The Morgan fingerprint density at radius 1 is 0.848 bits per heavy atom. The number of nitrogens with zero attached hydrogens (tertiary/aromatic N) is 3. The van der Waals surface area contributed by atoms with Crippen LogP contribution in [0.25, 0.3) is 11.0 Å². The highest BCUT2D eigenvalue weighted by Gasteiger charge is 2.16. The number of carbonyl (C=O) groups excluding carboxylic acids is 2. The molecule has 9 nitrogen and oxygen atoms in total. The Morgan fingerprint density at radius 3 is 2.18 bits per heavy atom. The molecule has 0 aliphatic carbocycles. The maximum absolute atomic E-state index is 13.2. The third-order valence-electron chi connectivity index (χ3n) is 4.96. The number of pyridine rings is 1. The second kappa shape index (κ2) is 9.31. The van der Waals surface area contributed by atoms with Gasteiger partial charge in [-0.25, -0.2) is 9.78 Å². The van der Waals surface area contributed by atoms with Crippen LogP contribution in [-0.4, -0.2) is 25.9 Å². The Kier molecular flexibility index (Phi) is 6.12. The summed E-state index contributed by atoms with van der Waals surface area (Å²) >= 11 is 0. The van der Waals surface area contributed by atoms with Gasteiger partial charge in [0, 0.05) is 24.5 Å². The molecule has 0 bridgehead atoms. The summed E-state index contributed by atoms with van der Waals surface area (Å²) in [5.74, 6) is -0.642. The van der Waals surface area contributed by atoms with E-state index in [1.807, 2.05) is 30.3 Å². The van der Waals surface area contributed by atoms with E-state index in [2.05, 4.69) is 15.6 Å². The molecule has 4 aromatic rings. The fraction of sp³-hybridized carbons (Fsp3) is 0.125. The third kappa shape index (κ3) is 4.87. The summed E-state index contributed by atoms with van der Waals surface area (Å²) < 4.78 is 2.33. The molecule has 2 aromatic heterocycles. The van der Waals surface area contributed by atoms with Gasteiger partial charge in [0.25, 0.3) is 5.56 Å². The summed E-state index contributed by atoms with van der Waals surface area (Å²) in [6.07, 6.45) is 1.47. The SMILES string of the molecule is CC(=O)Nc1ccc(NC(=O)Cn2c(=O)n(Cc3ccccc3)c(=O)c3ncccc32)cc1. The molecule has 0 radical (unpaired) electrons. The Hall–Kier alpha value is -4.53. The lowest BCUT2D eigenvalue weighted by Crippen LogP contribution is -2.42. The molecule has 2 heterocycles. The first kappa shape index (κ1) is 21.7. The zero-order valence-electron chi connectivity index (χ0n) is 17.8. The van der Waals surface area contributed by atoms with Crippen LogP contribution in [0.15, 0.2) is 82.5 Å². The molecule has 0 saturated heterocycles. The van der Waals surface area contributed by atoms with Gasteiger partial charge in [-0.2, -0.15) is 0 Å². The number of carbonyl (C=O) groups is 2. The molecule has 2 aromatic carbocycles. The molecule has 0 fully saturated rings. The second-order valence-corrected chi connectivity index (χ2v) is 7.42. The van der Waals surface area contributed by atoms with E-state index in [1.165, 1.54) is 17.7 Å². The standard InChI is InChI=1S/C24H21N5O4/c1-16(30)26-18-9-11-19(12-10-18)27-21(31)15-28-20-8-5-13-25-22(20)23(32)29(24(28)33)14-17-6-3-2-4-7-17/h2-13H,14-15H2,1H3,(H,26,30)(H,27,31). The van der Waals surface area contributed by atoms with Gasteiger partial charge in [0.05, 0.1) is 12.1 Å². The highest BCUT2D eigenvalue weighted by molar-refractivity contribution is 5.92. The van der Waals surface area contributed by atoms with E-state index in [0.29, 0.717) is 11.4 Å². The van der Waals surface area contributed by atoms with Crippen molar-refractivity contribution in [1.29, 1.82) is 0 Å². The van der Waals surface area contributed by atoms with Gasteiger partial charge in [-0.1, -0.05) is 30.3 Å². The number of amides is 2. The van der Waals surface area contributed by atoms with Crippen molar-refractivity contribution in [3.05, 3.63) is 99.3 Å². The van der Waals surface area contributed by atoms with Gasteiger partial charge in [-0.05, 0) is 42.0 Å². The Balaban J connectivity index is 1.65. The Bertz CT molecular complexity index is 1440. The van der Waals surface area contributed by atoms with Crippen LogP contribution >= 0.6 is 0 Å². The van der Waals surface area contributed by atoms with E-state index in [-0.39, 0.29) is 30.0 Å². The fourth-order valence-electron chi connectivity index (χ4n) is 3.49. The summed E-state index contributed by atoms with van der Waals surface area (Å²) in [5, 5.41) is 5.38. The first-order chi connectivity index (χ1) is 15.9. The van der Waals surface area contributed by atoms with Crippen LogP contribution in [0.5, 0.6) is 0 Å². The van der Waals surface area contributed by atoms with Crippen molar-refractivity contribution in [2.45, 2.75) is 20.0 Å². The van der Waals surface area contributed by atoms with Crippen LogP contribution in [0.3, 0.4) is 0 Å². The van der Waals surface area contributed by atoms with Crippen molar-refractivity contribution < 1.29 is 9.59 Å². The highest BCUT2D eigenvalue weighted by Crippen LogP contribution is 2.14. The van der Waals surface area contributed by atoms with E-state index < -0.39 is 17.2 Å². The van der Waals surface area contributed by atoms with Crippen molar-refractivity contribution in [3.8, 4) is 0 Å². The first-order valence-electron chi connectivity index (χ1n) is 10.2. The summed E-state index contributed by atoms with van der Waals surface area (Å²) in [5.41, 5.74) is 1.17. The van der Waals surface area contributed by atoms with Crippen molar-refractivity contribution in [1.82, 2.24) is 14.1 Å². The number of hydrogen-bond acceptors (Lipinski definition) is 5. The average Bonchev–Trinajstić information content (AvgIpc) is 2.81. The summed E-state index contributed by atoms with van der Waals surface area (Å²) in [6.45, 7) is 1.17. The predicted molar refractivity (Wildman–Crippen MR) is 125 cm³/mol. The van der Waals surface area contributed by atoms with E-state index >= 15 is 0 Å². The predicted octanol–water partition coefficient (Wildman–Crippen LogP) is 2.20. The van der Waals surface area contributed by atoms with Gasteiger partial charge in [0.1, 0.15) is 6.54 Å². The summed E-state index contributed by atoms with van der Waals surface area (Å²) in [7, 11) is 0. The maximum Gasteiger partial charge on any atom is 0.332 e. The van der Waals surface area contributed by atoms with Crippen LogP contribution in [-0.2, 0) is 22.7 Å². The van der Waals surface area contributed by atoms with E-state index in [0.717, 1.165) is 10.1 Å². The summed E-state index contributed by atoms with van der Waals surface area (Å²) in [6, 6.07) is 18.9. The van der Waals surface area contributed by atoms with Crippen molar-refractivity contribution in [2.75, 3.05) is 10.6 Å². The van der Waals surface area contributed by atoms with Crippen LogP contribution in [0.1, 0.15) is 12.5 Å². The topological polar surface area (TPSA) is 115 Å². The molecule has 0 saturated carbocycles. The number of fused-ring (bicyclic) bond motifs is 1. The minimum Gasteiger partial charge on any atom is -0.326 e. The molecule has 4 rings (SSSR count). The summed E-state index contributed by atoms with van der Waals surface area (Å²) in [4.78, 5) is 54.2. The second-order valence-electron chi connectivity index (χ2n) is 7.42. The minimum atomic E-state index is -0.597. The van der Waals surface area contributed by atoms with E-state index in [4.69, 9.17) is 0 Å². The lowest BCUT2D eigenvalue weighted by atomic mass is 10.2. The first-order valence-corrected chi connectivity index (χ1v) is 10.2. The smallest absolute Gasteiger partial charge is 0.326 e. The normalized spacial score (nSPS) is 10.7. The van der Waals surface area contributed by atoms with Gasteiger partial charge in [0.2, 0.25) is 11.8 Å². The molecule has 0 aliphatic rings. The van der Waals surface area contributed by atoms with Crippen LogP contribution in [0.4, 0.5) is 11.4 Å². The van der Waals surface area contributed by atoms with Crippen molar-refractivity contribution in [3.63, 3.8) is 0 Å². The molecular formula is C24H21N5O4. The van der Waals surface area contributed by atoms with Crippen molar-refractivity contribution in [2.24, 2.45) is 0 Å². The Morgan fingerprint density at radius 2 is 1.52 bits per heavy atom. The van der Waals surface area contributed by atoms with E-state index in [9.17, 15) is 19.2 Å². The fourth-order valence-corrected chi connectivity index (χ4v) is 3.49. The molecule has 9 heteroatoms. The minimum absolute atomic E-state index is 0.0667. The molecule has 0 spiro atoms. The van der Waals surface area contributed by atoms with Gasteiger partial charge in [-0.3, -0.25) is 23.5 Å². The van der Waals surface area contributed by atoms with Crippen LogP contribution < -0.4 is 21.9 Å². The average molecular weight is 443 g/mol. The zero-order chi connectivity index (χ0) is 23.4. The number of aromatic nitrogens is 3. The number of rotatable bonds is 6. The lowest BCUT2D eigenvalue weighted by Gasteiger charge is -2.14. The highest BCUT2D eigenvalue weighted by atomic mass is 16.2. The molecule has 2 N–H and O–H groups in total. The lowest BCUT2D eigenvalue weighted by molar-refractivity contribution is -0.117. The molecule has 2 amide bonds. The number of nitrogens with one attached hydrogen (secondary N) is 2. The van der Waals surface area contributed by atoms with Gasteiger partial charge < -0.3 is 10.6 Å². The molecule has 0 aliphatic heterocycles. The van der Waals surface area contributed by atoms with E-state index in [1.54, 1.807) is 36.4 Å². The number of hydrogen-bond donors (Lipinski definition) is 2. The van der Waals surface area contributed by atoms with Crippen LogP contribution in [0, 0.1) is 0 Å². The Labute approximate surface area is 188 Å². The van der Waals surface area contributed by atoms with Gasteiger partial charge >= 0.3 is 5.69 Å². The van der Waals surface area contributed by atoms with Crippen molar-refractivity contribution >= 4 is 34.2 Å². The molecule has 33 heavy (non-hydrogen) atoms. The molecular weight excluding hydrogens is 422 g/mol. The van der Waals surface area contributed by atoms with Gasteiger partial charge in [-0.15, -0.1) is 0 Å². The van der Waals surface area contributed by atoms with Gasteiger partial charge in [0.15, 0.2) is 5.52 Å². The number of anilines is 2. The largest absolute Gasteiger partial charge is 0.332 e.